The number of hydrogen-bond acceptors (Lipinski definition) is 5. The molecule has 2 aromatic rings. The quantitative estimate of drug-likeness (QED) is 0.686. The van der Waals surface area contributed by atoms with E-state index in [1.54, 1.807) is 30.3 Å². The largest absolute Gasteiger partial charge is 0.454 e. The Balaban J connectivity index is 2.05. The number of benzene rings is 2. The third kappa shape index (κ3) is 3.89. The van der Waals surface area contributed by atoms with E-state index in [-0.39, 0.29) is 11.7 Å². The van der Waals surface area contributed by atoms with Crippen LogP contribution in [0.15, 0.2) is 47.4 Å². The molecular weight excluding hydrogens is 281 g/mol. The molecule has 2 aromatic carbocycles. The molecule has 2 rings (SSSR count). The molecule has 0 heterocycles. The molecule has 0 spiro atoms. The van der Waals surface area contributed by atoms with E-state index in [1.807, 2.05) is 0 Å². The van der Waals surface area contributed by atoms with Gasteiger partial charge in [0.1, 0.15) is 5.75 Å². The van der Waals surface area contributed by atoms with Crippen molar-refractivity contribution in [3.63, 3.8) is 0 Å². The van der Waals surface area contributed by atoms with Gasteiger partial charge in [-0.25, -0.2) is 4.39 Å². The van der Waals surface area contributed by atoms with Crippen molar-refractivity contribution in [1.82, 2.24) is 0 Å². The van der Waals surface area contributed by atoms with E-state index in [1.165, 1.54) is 19.1 Å². The topological polar surface area (TPSA) is 61.5 Å². The first-order valence-corrected chi connectivity index (χ1v) is 6.47. The number of halogens is 1. The van der Waals surface area contributed by atoms with Crippen LogP contribution in [-0.2, 0) is 8.98 Å². The third-order valence-electron chi connectivity index (χ3n) is 2.26. The molecule has 104 valence electrons. The highest BCUT2D eigenvalue weighted by molar-refractivity contribution is 7.95. The van der Waals surface area contributed by atoms with E-state index in [0.29, 0.717) is 11.4 Å². The van der Waals surface area contributed by atoms with Gasteiger partial charge in [-0.3, -0.25) is 4.79 Å². The van der Waals surface area contributed by atoms with Gasteiger partial charge in [0.25, 0.3) is 0 Å². The third-order valence-corrected chi connectivity index (χ3v) is 3.05. The molecule has 20 heavy (non-hydrogen) atoms. The van der Waals surface area contributed by atoms with Crippen molar-refractivity contribution in [2.45, 2.75) is 11.8 Å². The molecule has 0 saturated heterocycles. The van der Waals surface area contributed by atoms with Crippen LogP contribution in [0.5, 0.6) is 11.5 Å². The zero-order valence-corrected chi connectivity index (χ0v) is 11.4. The summed E-state index contributed by atoms with van der Waals surface area (Å²) in [5.74, 6) is -0.330. The van der Waals surface area contributed by atoms with Crippen molar-refractivity contribution in [2.24, 2.45) is 0 Å². The molecule has 0 fully saturated rings. The van der Waals surface area contributed by atoms with Crippen molar-refractivity contribution >= 4 is 23.7 Å². The molecule has 6 heteroatoms. The monoisotopic (exact) mass is 293 g/mol. The standard InChI is InChI=1S/C14H12FNO3S/c1-9(17)19-20-12-5-3-11(4-6-12)18-14-7-2-10(16)8-13(14)15/h2-8H,16H2,1H3. The van der Waals surface area contributed by atoms with Gasteiger partial charge in [0, 0.05) is 23.6 Å². The lowest BCUT2D eigenvalue weighted by Gasteiger charge is -2.07. The first kappa shape index (κ1) is 14.2. The van der Waals surface area contributed by atoms with Gasteiger partial charge in [0.15, 0.2) is 11.6 Å². The highest BCUT2D eigenvalue weighted by atomic mass is 32.2. The lowest BCUT2D eigenvalue weighted by atomic mass is 10.3. The summed E-state index contributed by atoms with van der Waals surface area (Å²) in [5.41, 5.74) is 5.79. The predicted octanol–water partition coefficient (Wildman–Crippen LogP) is 3.77. The van der Waals surface area contributed by atoms with Gasteiger partial charge in [-0.2, -0.15) is 0 Å². The Labute approximate surface area is 119 Å². The maximum atomic E-state index is 13.6. The number of anilines is 1. The summed E-state index contributed by atoms with van der Waals surface area (Å²) >= 11 is 0.953. The maximum Gasteiger partial charge on any atom is 0.315 e. The number of rotatable bonds is 4. The minimum Gasteiger partial charge on any atom is -0.454 e. The van der Waals surface area contributed by atoms with Gasteiger partial charge < -0.3 is 14.7 Å². The molecule has 0 aliphatic carbocycles. The van der Waals surface area contributed by atoms with Crippen LogP contribution >= 0.6 is 12.0 Å². The average Bonchev–Trinajstić information content (AvgIpc) is 2.41. The lowest BCUT2D eigenvalue weighted by Crippen LogP contribution is -1.91. The molecule has 0 saturated carbocycles. The van der Waals surface area contributed by atoms with Crippen LogP contribution in [0, 0.1) is 5.82 Å². The Kier molecular flexibility index (Phi) is 4.47. The number of carbonyl (C=O) groups is 1. The van der Waals surface area contributed by atoms with Crippen LogP contribution in [0.1, 0.15) is 6.92 Å². The van der Waals surface area contributed by atoms with Gasteiger partial charge in [-0.05, 0) is 36.4 Å². The number of hydrogen-bond donors (Lipinski definition) is 1. The fourth-order valence-corrected chi connectivity index (χ4v) is 1.86. The summed E-state index contributed by atoms with van der Waals surface area (Å²) in [4.78, 5) is 11.4. The second-order valence-corrected chi connectivity index (χ2v) is 4.73. The van der Waals surface area contributed by atoms with Crippen LogP contribution in [0.25, 0.3) is 0 Å². The SMILES string of the molecule is CC(=O)OSc1ccc(Oc2ccc(N)cc2F)cc1. The number of nitrogens with two attached hydrogens (primary N) is 1. The molecule has 0 aliphatic heterocycles. The maximum absolute atomic E-state index is 13.6. The Morgan fingerprint density at radius 2 is 1.90 bits per heavy atom. The van der Waals surface area contributed by atoms with Gasteiger partial charge in [-0.15, -0.1) is 0 Å². The van der Waals surface area contributed by atoms with Gasteiger partial charge >= 0.3 is 5.97 Å². The van der Waals surface area contributed by atoms with Crippen molar-refractivity contribution in [1.29, 1.82) is 0 Å². The van der Waals surface area contributed by atoms with E-state index in [2.05, 4.69) is 0 Å². The molecule has 0 bridgehead atoms. The van der Waals surface area contributed by atoms with Gasteiger partial charge in [0.2, 0.25) is 0 Å². The molecular formula is C14H12FNO3S. The Morgan fingerprint density at radius 1 is 1.20 bits per heavy atom. The molecule has 0 amide bonds. The van der Waals surface area contributed by atoms with E-state index < -0.39 is 5.82 Å². The van der Waals surface area contributed by atoms with E-state index in [4.69, 9.17) is 14.7 Å². The average molecular weight is 293 g/mol. The first-order chi connectivity index (χ1) is 9.54. The van der Waals surface area contributed by atoms with E-state index >= 15 is 0 Å². The summed E-state index contributed by atoms with van der Waals surface area (Å²) in [6.45, 7) is 1.33. The zero-order valence-electron chi connectivity index (χ0n) is 10.6. The molecule has 0 unspecified atom stereocenters. The smallest absolute Gasteiger partial charge is 0.315 e. The highest BCUT2D eigenvalue weighted by Crippen LogP contribution is 2.28. The molecule has 0 aliphatic rings. The summed E-state index contributed by atoms with van der Waals surface area (Å²) in [7, 11) is 0. The second kappa shape index (κ2) is 6.29. The van der Waals surface area contributed by atoms with Gasteiger partial charge in [-0.1, -0.05) is 0 Å². The number of carbonyl (C=O) groups excluding carboxylic acids is 1. The summed E-state index contributed by atoms with van der Waals surface area (Å²) in [6.07, 6.45) is 0. The Bertz CT molecular complexity index is 616. The molecule has 2 N–H and O–H groups in total. The molecule has 0 radical (unpaired) electrons. The number of ether oxygens (including phenoxy) is 1. The van der Waals surface area contributed by atoms with Crippen molar-refractivity contribution in [2.75, 3.05) is 5.73 Å². The van der Waals surface area contributed by atoms with Crippen molar-refractivity contribution in [3.05, 3.63) is 48.3 Å². The van der Waals surface area contributed by atoms with Crippen LogP contribution in [-0.4, -0.2) is 5.97 Å². The zero-order chi connectivity index (χ0) is 14.5. The fraction of sp³-hybridized carbons (Fsp3) is 0.0714. The molecule has 4 nitrogen and oxygen atoms in total. The van der Waals surface area contributed by atoms with Gasteiger partial charge in [0.05, 0.1) is 12.0 Å². The summed E-state index contributed by atoms with van der Waals surface area (Å²) < 4.78 is 23.7. The van der Waals surface area contributed by atoms with E-state index in [0.717, 1.165) is 16.9 Å². The van der Waals surface area contributed by atoms with Crippen LogP contribution in [0.4, 0.5) is 10.1 Å². The van der Waals surface area contributed by atoms with Crippen molar-refractivity contribution in [3.8, 4) is 11.5 Å². The predicted molar refractivity (Wildman–Crippen MR) is 75.0 cm³/mol. The minimum absolute atomic E-state index is 0.0968. The number of nitrogen functional groups attached to an aromatic ring is 1. The Hall–Kier alpha value is -2.21. The normalized spacial score (nSPS) is 10.1. The molecule has 0 aromatic heterocycles. The summed E-state index contributed by atoms with van der Waals surface area (Å²) in [6, 6.07) is 10.9. The van der Waals surface area contributed by atoms with Crippen LogP contribution in [0.3, 0.4) is 0 Å². The lowest BCUT2D eigenvalue weighted by molar-refractivity contribution is -0.130. The van der Waals surface area contributed by atoms with Crippen LogP contribution < -0.4 is 10.5 Å². The van der Waals surface area contributed by atoms with Crippen LogP contribution in [0.2, 0.25) is 0 Å². The second-order valence-electron chi connectivity index (χ2n) is 3.92. The minimum atomic E-state index is -0.525. The molecule has 0 atom stereocenters. The summed E-state index contributed by atoms with van der Waals surface area (Å²) in [5, 5.41) is 0. The Morgan fingerprint density at radius 3 is 2.50 bits per heavy atom. The van der Waals surface area contributed by atoms with Crippen molar-refractivity contribution < 1.29 is 18.1 Å². The fourth-order valence-electron chi connectivity index (χ4n) is 1.40. The highest BCUT2D eigenvalue weighted by Gasteiger charge is 2.06. The van der Waals surface area contributed by atoms with E-state index in [9.17, 15) is 9.18 Å². The first-order valence-electron chi connectivity index (χ1n) is 5.72.